The van der Waals surface area contributed by atoms with Gasteiger partial charge in [0.15, 0.2) is 5.82 Å². The molecule has 0 saturated carbocycles. The van der Waals surface area contributed by atoms with Gasteiger partial charge in [0.25, 0.3) is 0 Å². The molecule has 3 heterocycles. The first kappa shape index (κ1) is 22.8. The van der Waals surface area contributed by atoms with Crippen molar-refractivity contribution in [3.63, 3.8) is 0 Å². The van der Waals surface area contributed by atoms with Crippen LogP contribution in [-0.4, -0.2) is 85.7 Å². The van der Waals surface area contributed by atoms with Gasteiger partial charge >= 0.3 is 6.03 Å². The molecule has 1 N–H and O–H groups in total. The molecular formula is C20H26ClFN6O3S. The third kappa shape index (κ3) is 5.51. The van der Waals surface area contributed by atoms with Crippen LogP contribution in [0.25, 0.3) is 0 Å². The first-order chi connectivity index (χ1) is 15.2. The molecular weight excluding hydrogens is 459 g/mol. The molecule has 0 radical (unpaired) electrons. The highest BCUT2D eigenvalue weighted by atomic mass is 35.5. The van der Waals surface area contributed by atoms with Gasteiger partial charge < -0.3 is 9.80 Å². The van der Waals surface area contributed by atoms with Gasteiger partial charge in [0.2, 0.25) is 10.0 Å². The van der Waals surface area contributed by atoms with E-state index in [-0.39, 0.29) is 11.8 Å². The summed E-state index contributed by atoms with van der Waals surface area (Å²) in [5, 5.41) is 4.62. The third-order valence-corrected chi connectivity index (χ3v) is 6.51. The lowest BCUT2D eigenvalue weighted by molar-refractivity contribution is 0.134. The molecule has 0 unspecified atom stereocenters. The monoisotopic (exact) mass is 484 g/mol. The van der Waals surface area contributed by atoms with Gasteiger partial charge in [-0.2, -0.15) is 4.68 Å². The number of halogens is 2. The van der Waals surface area contributed by atoms with Crippen LogP contribution in [0, 0.1) is 0 Å². The molecule has 2 fully saturated rings. The van der Waals surface area contributed by atoms with Crippen molar-refractivity contribution in [1.82, 2.24) is 19.6 Å². The van der Waals surface area contributed by atoms with Gasteiger partial charge in [-0.3, -0.25) is 9.62 Å². The lowest BCUT2D eigenvalue weighted by Gasteiger charge is -2.34. The first-order valence-electron chi connectivity index (χ1n) is 10.4. The predicted octanol–water partition coefficient (Wildman–Crippen LogP) is 2.24. The van der Waals surface area contributed by atoms with Crippen LogP contribution in [0.3, 0.4) is 0 Å². The fraction of sp³-hybridized carbons (Fsp3) is 0.500. The smallest absolute Gasteiger partial charge is 0.344 e. The van der Waals surface area contributed by atoms with E-state index in [0.29, 0.717) is 57.3 Å². The molecule has 1 aromatic heterocycles. The van der Waals surface area contributed by atoms with Gasteiger partial charge in [0.1, 0.15) is 6.17 Å². The Labute approximate surface area is 191 Å². The van der Waals surface area contributed by atoms with Crippen molar-refractivity contribution in [2.75, 3.05) is 55.1 Å². The fourth-order valence-electron chi connectivity index (χ4n) is 4.01. The van der Waals surface area contributed by atoms with Crippen molar-refractivity contribution >= 4 is 39.2 Å². The average molecular weight is 485 g/mol. The SMILES string of the molecule is CS(=O)(=O)Nc1ccn(C(=O)N2CCN(Cc3ccc(Cl)c(N4CC[C@H](F)C4)c3)CC2)n1. The number of carbonyl (C=O) groups excluding carboxylic acids is 1. The van der Waals surface area contributed by atoms with Crippen LogP contribution in [-0.2, 0) is 16.6 Å². The van der Waals surface area contributed by atoms with Crippen LogP contribution in [0.1, 0.15) is 12.0 Å². The van der Waals surface area contributed by atoms with Gasteiger partial charge in [0, 0.05) is 58.1 Å². The second kappa shape index (κ2) is 9.24. The maximum absolute atomic E-state index is 13.6. The molecule has 1 aromatic carbocycles. The number of hydrogen-bond acceptors (Lipinski definition) is 6. The summed E-state index contributed by atoms with van der Waals surface area (Å²) in [7, 11) is -3.45. The van der Waals surface area contributed by atoms with E-state index in [1.165, 1.54) is 12.3 Å². The quantitative estimate of drug-likeness (QED) is 0.700. The number of nitrogens with one attached hydrogen (secondary N) is 1. The van der Waals surface area contributed by atoms with E-state index in [1.807, 2.05) is 23.1 Å². The van der Waals surface area contributed by atoms with Crippen molar-refractivity contribution in [3.8, 4) is 0 Å². The third-order valence-electron chi connectivity index (χ3n) is 5.61. The van der Waals surface area contributed by atoms with Crippen molar-refractivity contribution in [3.05, 3.63) is 41.0 Å². The number of nitrogens with zero attached hydrogens (tertiary/aromatic N) is 5. The maximum Gasteiger partial charge on any atom is 0.344 e. The molecule has 2 aliphatic rings. The van der Waals surface area contributed by atoms with E-state index in [4.69, 9.17) is 11.6 Å². The number of rotatable bonds is 5. The fourth-order valence-corrected chi connectivity index (χ4v) is 4.74. The Morgan fingerprint density at radius 3 is 2.62 bits per heavy atom. The number of alkyl halides is 1. The highest BCUT2D eigenvalue weighted by molar-refractivity contribution is 7.92. The summed E-state index contributed by atoms with van der Waals surface area (Å²) in [6, 6.07) is 7.01. The van der Waals surface area contributed by atoms with Gasteiger partial charge in [-0.15, -0.1) is 5.10 Å². The predicted molar refractivity (Wildman–Crippen MR) is 122 cm³/mol. The molecule has 0 aliphatic carbocycles. The van der Waals surface area contributed by atoms with Crippen LogP contribution in [0.2, 0.25) is 5.02 Å². The van der Waals surface area contributed by atoms with Gasteiger partial charge in [0.05, 0.1) is 17.0 Å². The molecule has 1 atom stereocenters. The maximum atomic E-state index is 13.6. The minimum Gasteiger partial charge on any atom is -0.367 e. The standard InChI is InChI=1S/C20H26ClFN6O3S/c1-32(30,31)24-19-5-7-28(23-19)20(29)26-10-8-25(9-11-26)13-15-2-3-17(21)18(12-15)27-6-4-16(22)14-27/h2-3,5,7,12,16H,4,6,8-11,13-14H2,1H3,(H,23,24)/t16-/m0/s1. The molecule has 0 spiro atoms. The molecule has 174 valence electrons. The van der Waals surface area contributed by atoms with E-state index < -0.39 is 16.2 Å². The minimum atomic E-state index is -3.45. The Hall–Kier alpha value is -2.37. The van der Waals surface area contributed by atoms with Gasteiger partial charge in [-0.25, -0.2) is 17.6 Å². The van der Waals surface area contributed by atoms with Crippen molar-refractivity contribution < 1.29 is 17.6 Å². The van der Waals surface area contributed by atoms with E-state index in [9.17, 15) is 17.6 Å². The van der Waals surface area contributed by atoms with Crippen LogP contribution in [0.15, 0.2) is 30.5 Å². The summed E-state index contributed by atoms with van der Waals surface area (Å²) in [6.07, 6.45) is 2.18. The molecule has 12 heteroatoms. The number of benzene rings is 1. The number of aromatic nitrogens is 2. The normalized spacial score (nSPS) is 20.0. The number of amides is 1. The number of carbonyl (C=O) groups is 1. The molecule has 2 aliphatic heterocycles. The van der Waals surface area contributed by atoms with E-state index >= 15 is 0 Å². The van der Waals surface area contributed by atoms with Crippen LogP contribution in [0.5, 0.6) is 0 Å². The lowest BCUT2D eigenvalue weighted by atomic mass is 10.1. The largest absolute Gasteiger partial charge is 0.367 e. The van der Waals surface area contributed by atoms with Crippen LogP contribution >= 0.6 is 11.6 Å². The van der Waals surface area contributed by atoms with Crippen LogP contribution in [0.4, 0.5) is 20.7 Å². The Balaban J connectivity index is 1.33. The second-order valence-corrected chi connectivity index (χ2v) is 10.3. The number of hydrogen-bond donors (Lipinski definition) is 1. The second-order valence-electron chi connectivity index (χ2n) is 8.18. The zero-order chi connectivity index (χ0) is 22.9. The summed E-state index contributed by atoms with van der Waals surface area (Å²) in [5.41, 5.74) is 1.96. The summed E-state index contributed by atoms with van der Waals surface area (Å²) >= 11 is 6.35. The minimum absolute atomic E-state index is 0.107. The summed E-state index contributed by atoms with van der Waals surface area (Å²) in [4.78, 5) is 18.6. The van der Waals surface area contributed by atoms with Gasteiger partial charge in [-0.05, 0) is 24.1 Å². The zero-order valence-electron chi connectivity index (χ0n) is 17.7. The summed E-state index contributed by atoms with van der Waals surface area (Å²) in [6.45, 7) is 4.20. The molecule has 32 heavy (non-hydrogen) atoms. The van der Waals surface area contributed by atoms with Crippen molar-refractivity contribution in [1.29, 1.82) is 0 Å². The highest BCUT2D eigenvalue weighted by Gasteiger charge is 2.25. The number of sulfonamides is 1. The topological polar surface area (TPSA) is 90.8 Å². The van der Waals surface area contributed by atoms with Crippen molar-refractivity contribution in [2.24, 2.45) is 0 Å². The average Bonchev–Trinajstić information content (AvgIpc) is 3.37. The molecule has 2 saturated heterocycles. The Morgan fingerprint density at radius 2 is 1.97 bits per heavy atom. The Bertz CT molecular complexity index is 1090. The zero-order valence-corrected chi connectivity index (χ0v) is 19.3. The molecule has 2 aromatic rings. The Kier molecular flexibility index (Phi) is 6.59. The lowest BCUT2D eigenvalue weighted by Crippen LogP contribution is -2.49. The number of piperazine rings is 1. The molecule has 9 nitrogen and oxygen atoms in total. The van der Waals surface area contributed by atoms with E-state index in [1.54, 1.807) is 4.90 Å². The molecule has 0 bridgehead atoms. The van der Waals surface area contributed by atoms with E-state index in [0.717, 1.165) is 22.2 Å². The van der Waals surface area contributed by atoms with E-state index in [2.05, 4.69) is 14.7 Å². The van der Waals surface area contributed by atoms with Crippen molar-refractivity contribution in [2.45, 2.75) is 19.1 Å². The first-order valence-corrected chi connectivity index (χ1v) is 12.7. The Morgan fingerprint density at radius 1 is 1.22 bits per heavy atom. The summed E-state index contributed by atoms with van der Waals surface area (Å²) in [5.74, 6) is 0.107. The molecule has 4 rings (SSSR count). The number of anilines is 2. The summed E-state index contributed by atoms with van der Waals surface area (Å²) < 4.78 is 39.6. The highest BCUT2D eigenvalue weighted by Crippen LogP contribution is 2.31. The van der Waals surface area contributed by atoms with Crippen LogP contribution < -0.4 is 9.62 Å². The molecule has 1 amide bonds. The van der Waals surface area contributed by atoms with Gasteiger partial charge in [-0.1, -0.05) is 17.7 Å².